The van der Waals surface area contributed by atoms with Crippen LogP contribution in [0.25, 0.3) is 0 Å². The molecule has 0 aromatic carbocycles. The molecule has 0 fully saturated rings. The van der Waals surface area contributed by atoms with Gasteiger partial charge in [0.15, 0.2) is 0 Å². The van der Waals surface area contributed by atoms with E-state index in [4.69, 9.17) is 9.84 Å². The Kier molecular flexibility index (Phi) is 5.74. The average molecular weight is 217 g/mol. The van der Waals surface area contributed by atoms with Crippen molar-refractivity contribution >= 4 is 12.1 Å². The summed E-state index contributed by atoms with van der Waals surface area (Å²) in [5.41, 5.74) is 0. The molecule has 0 bridgehead atoms. The number of carbonyl (C=O) groups excluding carboxylic acids is 1. The number of aliphatic carboxylic acids is 1. The van der Waals surface area contributed by atoms with E-state index >= 15 is 0 Å². The second-order valence-corrected chi connectivity index (χ2v) is 4.02. The largest absolute Gasteiger partial charge is 0.481 e. The summed E-state index contributed by atoms with van der Waals surface area (Å²) in [6.07, 6.45) is -0.774. The smallest absolute Gasteiger partial charge is 0.407 e. The van der Waals surface area contributed by atoms with Gasteiger partial charge in [-0.25, -0.2) is 4.79 Å². The zero-order valence-corrected chi connectivity index (χ0v) is 9.61. The second-order valence-electron chi connectivity index (χ2n) is 4.02. The molecule has 88 valence electrons. The van der Waals surface area contributed by atoms with Crippen LogP contribution in [0.3, 0.4) is 0 Å². The van der Waals surface area contributed by atoms with Gasteiger partial charge in [0.05, 0.1) is 12.0 Å². The minimum atomic E-state index is -0.908. The van der Waals surface area contributed by atoms with Crippen molar-refractivity contribution in [3.8, 4) is 0 Å². The van der Waals surface area contributed by atoms with Gasteiger partial charge in [-0.3, -0.25) is 4.79 Å². The zero-order chi connectivity index (χ0) is 12.0. The van der Waals surface area contributed by atoms with Gasteiger partial charge in [-0.2, -0.15) is 0 Å². The molecule has 0 saturated carbocycles. The summed E-state index contributed by atoms with van der Waals surface area (Å²) in [5.74, 6) is -1.51. The quantitative estimate of drug-likeness (QED) is 0.731. The molecule has 0 aliphatic carbocycles. The lowest BCUT2D eigenvalue weighted by atomic mass is 9.96. The summed E-state index contributed by atoms with van der Waals surface area (Å²) in [5, 5.41) is 11.3. The summed E-state index contributed by atoms with van der Waals surface area (Å²) < 4.78 is 4.82. The van der Waals surface area contributed by atoms with E-state index in [1.807, 2.05) is 0 Å². The van der Waals surface area contributed by atoms with Gasteiger partial charge in [-0.05, 0) is 19.8 Å². The van der Waals surface area contributed by atoms with Crippen LogP contribution in [0.15, 0.2) is 0 Å². The maximum absolute atomic E-state index is 11.1. The van der Waals surface area contributed by atoms with E-state index in [1.165, 1.54) is 0 Å². The fraction of sp³-hybridized carbons (Fsp3) is 0.800. The van der Waals surface area contributed by atoms with E-state index in [-0.39, 0.29) is 18.6 Å². The van der Waals surface area contributed by atoms with E-state index in [0.29, 0.717) is 0 Å². The van der Waals surface area contributed by atoms with Crippen molar-refractivity contribution in [3.63, 3.8) is 0 Å². The first-order valence-electron chi connectivity index (χ1n) is 5.01. The average Bonchev–Trinajstić information content (AvgIpc) is 2.00. The molecule has 1 amide bonds. The molecule has 5 heteroatoms. The topological polar surface area (TPSA) is 75.6 Å². The van der Waals surface area contributed by atoms with Crippen molar-refractivity contribution in [2.45, 2.75) is 33.8 Å². The predicted octanol–water partition coefficient (Wildman–Crippen LogP) is 1.48. The van der Waals surface area contributed by atoms with Gasteiger partial charge in [-0.1, -0.05) is 13.8 Å². The summed E-state index contributed by atoms with van der Waals surface area (Å²) in [4.78, 5) is 21.9. The molecule has 0 spiro atoms. The van der Waals surface area contributed by atoms with Crippen LogP contribution >= 0.6 is 0 Å². The SMILES string of the molecule is CC(C)OC(=O)NCC(C(=O)O)C(C)C. The number of alkyl carbamates (subject to hydrolysis) is 1. The minimum absolute atomic E-state index is 0.0261. The minimum Gasteiger partial charge on any atom is -0.481 e. The van der Waals surface area contributed by atoms with Gasteiger partial charge in [0.1, 0.15) is 0 Å². The third kappa shape index (κ3) is 5.93. The Morgan fingerprint density at radius 2 is 1.80 bits per heavy atom. The van der Waals surface area contributed by atoms with E-state index in [9.17, 15) is 9.59 Å². The molecule has 15 heavy (non-hydrogen) atoms. The van der Waals surface area contributed by atoms with Gasteiger partial charge in [0.25, 0.3) is 0 Å². The van der Waals surface area contributed by atoms with Crippen LogP contribution in [0.2, 0.25) is 0 Å². The number of hydrogen-bond acceptors (Lipinski definition) is 3. The van der Waals surface area contributed by atoms with Crippen molar-refractivity contribution in [1.82, 2.24) is 5.32 Å². The number of hydrogen-bond donors (Lipinski definition) is 2. The lowest BCUT2D eigenvalue weighted by Crippen LogP contribution is -2.36. The molecule has 0 heterocycles. The molecular formula is C10H19NO4. The molecule has 0 aliphatic heterocycles. The second kappa shape index (κ2) is 6.27. The first-order chi connectivity index (χ1) is 6.84. The van der Waals surface area contributed by atoms with Crippen molar-refractivity contribution in [1.29, 1.82) is 0 Å². The normalized spacial score (nSPS) is 12.7. The van der Waals surface area contributed by atoms with Crippen LogP contribution in [-0.4, -0.2) is 29.8 Å². The Morgan fingerprint density at radius 1 is 1.27 bits per heavy atom. The molecule has 0 saturated heterocycles. The van der Waals surface area contributed by atoms with Crippen LogP contribution in [-0.2, 0) is 9.53 Å². The summed E-state index contributed by atoms with van der Waals surface area (Å²) in [6.45, 7) is 7.16. The van der Waals surface area contributed by atoms with Crippen LogP contribution in [0.1, 0.15) is 27.7 Å². The fourth-order valence-electron chi connectivity index (χ4n) is 1.06. The molecule has 1 atom stereocenters. The fourth-order valence-corrected chi connectivity index (χ4v) is 1.06. The molecule has 0 radical (unpaired) electrons. The molecule has 0 rings (SSSR count). The van der Waals surface area contributed by atoms with Crippen LogP contribution in [0.4, 0.5) is 4.79 Å². The van der Waals surface area contributed by atoms with Gasteiger partial charge < -0.3 is 15.2 Å². The van der Waals surface area contributed by atoms with E-state index < -0.39 is 18.0 Å². The molecule has 0 aliphatic rings. The van der Waals surface area contributed by atoms with Gasteiger partial charge >= 0.3 is 12.1 Å². The highest BCUT2D eigenvalue weighted by Crippen LogP contribution is 2.09. The van der Waals surface area contributed by atoms with Crippen LogP contribution in [0.5, 0.6) is 0 Å². The molecule has 5 nitrogen and oxygen atoms in total. The van der Waals surface area contributed by atoms with Crippen molar-refractivity contribution in [3.05, 3.63) is 0 Å². The molecular weight excluding hydrogens is 198 g/mol. The Labute approximate surface area is 89.8 Å². The van der Waals surface area contributed by atoms with Crippen LogP contribution < -0.4 is 5.32 Å². The zero-order valence-electron chi connectivity index (χ0n) is 9.61. The number of amides is 1. The first-order valence-corrected chi connectivity index (χ1v) is 5.01. The molecule has 2 N–H and O–H groups in total. The Balaban J connectivity index is 4.00. The standard InChI is InChI=1S/C10H19NO4/c1-6(2)8(9(12)13)5-11-10(14)15-7(3)4/h6-8H,5H2,1-4H3,(H,11,14)(H,12,13). The summed E-state index contributed by atoms with van der Waals surface area (Å²) in [7, 11) is 0. The Hall–Kier alpha value is -1.26. The van der Waals surface area contributed by atoms with E-state index in [2.05, 4.69) is 5.32 Å². The van der Waals surface area contributed by atoms with Crippen molar-refractivity contribution < 1.29 is 19.4 Å². The number of carbonyl (C=O) groups is 2. The molecule has 0 aromatic rings. The van der Waals surface area contributed by atoms with Gasteiger partial charge in [0.2, 0.25) is 0 Å². The van der Waals surface area contributed by atoms with Crippen LogP contribution in [0, 0.1) is 11.8 Å². The lowest BCUT2D eigenvalue weighted by Gasteiger charge is -2.17. The van der Waals surface area contributed by atoms with Gasteiger partial charge in [0, 0.05) is 6.54 Å². The highest BCUT2D eigenvalue weighted by atomic mass is 16.6. The maximum Gasteiger partial charge on any atom is 0.407 e. The third-order valence-corrected chi connectivity index (χ3v) is 1.93. The first kappa shape index (κ1) is 13.7. The predicted molar refractivity (Wildman–Crippen MR) is 55.6 cm³/mol. The lowest BCUT2D eigenvalue weighted by molar-refractivity contribution is -0.142. The number of rotatable bonds is 5. The third-order valence-electron chi connectivity index (χ3n) is 1.93. The summed E-state index contributed by atoms with van der Waals surface area (Å²) >= 11 is 0. The molecule has 0 aromatic heterocycles. The van der Waals surface area contributed by atoms with Crippen molar-refractivity contribution in [2.24, 2.45) is 11.8 Å². The number of carboxylic acid groups (broad SMARTS) is 1. The monoisotopic (exact) mass is 217 g/mol. The summed E-state index contributed by atoms with van der Waals surface area (Å²) in [6, 6.07) is 0. The maximum atomic E-state index is 11.1. The number of nitrogens with one attached hydrogen (secondary N) is 1. The highest BCUT2D eigenvalue weighted by molar-refractivity contribution is 5.72. The Bertz CT molecular complexity index is 225. The van der Waals surface area contributed by atoms with E-state index in [0.717, 1.165) is 0 Å². The molecule has 1 unspecified atom stereocenters. The number of ether oxygens (including phenoxy) is 1. The Morgan fingerprint density at radius 3 is 2.13 bits per heavy atom. The van der Waals surface area contributed by atoms with Crippen molar-refractivity contribution in [2.75, 3.05) is 6.54 Å². The van der Waals surface area contributed by atoms with Gasteiger partial charge in [-0.15, -0.1) is 0 Å². The van der Waals surface area contributed by atoms with E-state index in [1.54, 1.807) is 27.7 Å². The number of carboxylic acids is 1. The highest BCUT2D eigenvalue weighted by Gasteiger charge is 2.22.